The largest absolute Gasteiger partial charge is 0.304 e. The van der Waals surface area contributed by atoms with Crippen molar-refractivity contribution < 1.29 is 4.79 Å². The summed E-state index contributed by atoms with van der Waals surface area (Å²) >= 11 is 1.56. The zero-order valence-electron chi connectivity index (χ0n) is 15.6. The molecule has 0 bridgehead atoms. The van der Waals surface area contributed by atoms with Gasteiger partial charge in [0.2, 0.25) is 0 Å². The van der Waals surface area contributed by atoms with Gasteiger partial charge in [-0.2, -0.15) is 0 Å². The molecule has 1 saturated heterocycles. The molecule has 1 aliphatic heterocycles. The van der Waals surface area contributed by atoms with Crippen LogP contribution in [0, 0.1) is 6.92 Å². The molecule has 4 rings (SSSR count). The van der Waals surface area contributed by atoms with Gasteiger partial charge in [0, 0.05) is 43.3 Å². The Kier molecular flexibility index (Phi) is 5.20. The fraction of sp³-hybridized carbons (Fsp3) is 0.421. The second-order valence-corrected chi connectivity index (χ2v) is 8.16. The topological polar surface area (TPSA) is 75.1 Å². The van der Waals surface area contributed by atoms with Crippen LogP contribution >= 0.6 is 11.3 Å². The van der Waals surface area contributed by atoms with Crippen molar-refractivity contribution in [1.29, 1.82) is 0 Å². The fourth-order valence-electron chi connectivity index (χ4n) is 3.18. The monoisotopic (exact) mass is 382 g/mol. The van der Waals surface area contributed by atoms with Crippen LogP contribution in [-0.2, 0) is 11.2 Å². The third kappa shape index (κ3) is 4.35. The standard InChI is InChI=1S/C19H22N6OS/c1-13-22-23-19(27-13)14-3-4-15-11-20-18(21-17(15)9-14)10-16(26)12-25-7-5-24(2)6-8-25/h3-4,9,11H,5-8,10,12H2,1-2H3. The van der Waals surface area contributed by atoms with E-state index in [1.165, 1.54) is 0 Å². The molecule has 0 unspecified atom stereocenters. The Labute approximate surface area is 162 Å². The number of aromatic nitrogens is 4. The quantitative estimate of drug-likeness (QED) is 0.666. The van der Waals surface area contributed by atoms with E-state index in [0.29, 0.717) is 12.4 Å². The van der Waals surface area contributed by atoms with Crippen molar-refractivity contribution in [3.8, 4) is 10.6 Å². The number of rotatable bonds is 5. The van der Waals surface area contributed by atoms with Crippen LogP contribution < -0.4 is 0 Å². The molecule has 0 saturated carbocycles. The highest BCUT2D eigenvalue weighted by Gasteiger charge is 2.17. The van der Waals surface area contributed by atoms with E-state index in [0.717, 1.165) is 52.7 Å². The summed E-state index contributed by atoms with van der Waals surface area (Å²) in [6, 6.07) is 5.98. The van der Waals surface area contributed by atoms with Crippen LogP contribution in [0.3, 0.4) is 0 Å². The van der Waals surface area contributed by atoms with Crippen molar-refractivity contribution in [3.63, 3.8) is 0 Å². The Morgan fingerprint density at radius 3 is 2.74 bits per heavy atom. The third-order valence-electron chi connectivity index (χ3n) is 4.76. The zero-order chi connectivity index (χ0) is 18.8. The Bertz CT molecular complexity index is 964. The average Bonchev–Trinajstić information content (AvgIpc) is 3.09. The van der Waals surface area contributed by atoms with Crippen molar-refractivity contribution in [2.24, 2.45) is 0 Å². The molecule has 1 aromatic carbocycles. The van der Waals surface area contributed by atoms with Gasteiger partial charge in [-0.05, 0) is 20.0 Å². The van der Waals surface area contributed by atoms with Crippen LogP contribution in [0.1, 0.15) is 10.8 Å². The first-order valence-corrected chi connectivity index (χ1v) is 9.87. The number of nitrogens with zero attached hydrogens (tertiary/aromatic N) is 6. The smallest absolute Gasteiger partial charge is 0.154 e. The highest BCUT2D eigenvalue weighted by molar-refractivity contribution is 7.14. The number of piperazine rings is 1. The summed E-state index contributed by atoms with van der Waals surface area (Å²) in [7, 11) is 2.11. The molecule has 140 valence electrons. The molecule has 0 N–H and O–H groups in total. The fourth-order valence-corrected chi connectivity index (χ4v) is 3.87. The van der Waals surface area contributed by atoms with E-state index in [1.54, 1.807) is 17.5 Å². The van der Waals surface area contributed by atoms with E-state index in [2.05, 4.69) is 37.0 Å². The van der Waals surface area contributed by atoms with Gasteiger partial charge < -0.3 is 4.90 Å². The number of fused-ring (bicyclic) bond motifs is 1. The van der Waals surface area contributed by atoms with E-state index in [1.807, 2.05) is 25.1 Å². The molecule has 8 heteroatoms. The van der Waals surface area contributed by atoms with Gasteiger partial charge in [-0.15, -0.1) is 10.2 Å². The highest BCUT2D eigenvalue weighted by Crippen LogP contribution is 2.25. The Morgan fingerprint density at radius 2 is 2.00 bits per heavy atom. The number of Topliss-reactive ketones (excluding diaryl/α,β-unsaturated/α-hetero) is 1. The maximum absolute atomic E-state index is 12.4. The van der Waals surface area contributed by atoms with Crippen LogP contribution in [0.25, 0.3) is 21.5 Å². The lowest BCUT2D eigenvalue weighted by molar-refractivity contribution is -0.120. The van der Waals surface area contributed by atoms with Crippen molar-refractivity contribution in [3.05, 3.63) is 35.2 Å². The van der Waals surface area contributed by atoms with Gasteiger partial charge in [0.1, 0.15) is 15.8 Å². The Balaban J connectivity index is 1.48. The van der Waals surface area contributed by atoms with Crippen LogP contribution in [0.4, 0.5) is 0 Å². The molecule has 1 fully saturated rings. The summed E-state index contributed by atoms with van der Waals surface area (Å²) < 4.78 is 0. The lowest BCUT2D eigenvalue weighted by Crippen LogP contribution is -2.46. The molecule has 7 nitrogen and oxygen atoms in total. The molecule has 0 spiro atoms. The average molecular weight is 382 g/mol. The maximum atomic E-state index is 12.4. The Hall–Kier alpha value is -2.29. The first-order chi connectivity index (χ1) is 13.1. The first kappa shape index (κ1) is 18.1. The van der Waals surface area contributed by atoms with E-state index in [4.69, 9.17) is 0 Å². The first-order valence-electron chi connectivity index (χ1n) is 9.05. The van der Waals surface area contributed by atoms with E-state index < -0.39 is 0 Å². The second-order valence-electron chi connectivity index (χ2n) is 6.98. The maximum Gasteiger partial charge on any atom is 0.154 e. The minimum atomic E-state index is 0.162. The number of hydrogen-bond donors (Lipinski definition) is 0. The number of carbonyl (C=O) groups excluding carboxylic acids is 1. The summed E-state index contributed by atoms with van der Waals surface area (Å²) in [5.41, 5.74) is 1.82. The van der Waals surface area contributed by atoms with Gasteiger partial charge in [0.25, 0.3) is 0 Å². The molecule has 3 aromatic rings. The number of carbonyl (C=O) groups is 1. The molecule has 0 atom stereocenters. The Morgan fingerprint density at radius 1 is 1.19 bits per heavy atom. The number of likely N-dealkylation sites (N-methyl/N-ethyl adjacent to an activating group) is 1. The minimum absolute atomic E-state index is 0.162. The summed E-state index contributed by atoms with van der Waals surface area (Å²) in [5, 5.41) is 11.0. The van der Waals surface area contributed by atoms with Gasteiger partial charge in [-0.3, -0.25) is 9.69 Å². The summed E-state index contributed by atoms with van der Waals surface area (Å²) in [6.07, 6.45) is 2.06. The molecule has 0 aliphatic carbocycles. The number of aryl methyl sites for hydroxylation is 1. The van der Waals surface area contributed by atoms with E-state index in [9.17, 15) is 4.79 Å². The number of hydrogen-bond acceptors (Lipinski definition) is 8. The minimum Gasteiger partial charge on any atom is -0.304 e. The van der Waals surface area contributed by atoms with Crippen LogP contribution in [0.15, 0.2) is 24.4 Å². The molecule has 27 heavy (non-hydrogen) atoms. The van der Waals surface area contributed by atoms with Crippen molar-refractivity contribution in [2.75, 3.05) is 39.8 Å². The van der Waals surface area contributed by atoms with E-state index in [-0.39, 0.29) is 12.2 Å². The van der Waals surface area contributed by atoms with Crippen LogP contribution in [0.2, 0.25) is 0 Å². The van der Waals surface area contributed by atoms with Crippen LogP contribution in [0.5, 0.6) is 0 Å². The van der Waals surface area contributed by atoms with Gasteiger partial charge >= 0.3 is 0 Å². The second kappa shape index (κ2) is 7.75. The molecule has 0 amide bonds. The van der Waals surface area contributed by atoms with E-state index >= 15 is 0 Å². The zero-order valence-corrected chi connectivity index (χ0v) is 16.4. The van der Waals surface area contributed by atoms with Gasteiger partial charge in [0.05, 0.1) is 18.5 Å². The summed E-state index contributed by atoms with van der Waals surface area (Å²) in [6.45, 7) is 6.30. The lowest BCUT2D eigenvalue weighted by atomic mass is 10.1. The molecule has 0 radical (unpaired) electrons. The molecule has 1 aliphatic rings. The summed E-state index contributed by atoms with van der Waals surface area (Å²) in [5.74, 6) is 0.738. The molecular weight excluding hydrogens is 360 g/mol. The summed E-state index contributed by atoms with van der Waals surface area (Å²) in [4.78, 5) is 25.9. The van der Waals surface area contributed by atoms with Gasteiger partial charge in [-0.25, -0.2) is 9.97 Å². The molecular formula is C19H22N6OS. The lowest BCUT2D eigenvalue weighted by Gasteiger charge is -2.31. The highest BCUT2D eigenvalue weighted by atomic mass is 32.1. The third-order valence-corrected chi connectivity index (χ3v) is 5.64. The normalized spacial score (nSPS) is 16.1. The van der Waals surface area contributed by atoms with Gasteiger partial charge in [0.15, 0.2) is 5.78 Å². The predicted molar refractivity (Wildman–Crippen MR) is 106 cm³/mol. The number of benzene rings is 1. The van der Waals surface area contributed by atoms with Crippen molar-refractivity contribution >= 4 is 28.0 Å². The van der Waals surface area contributed by atoms with Crippen molar-refractivity contribution in [1.82, 2.24) is 30.0 Å². The van der Waals surface area contributed by atoms with Crippen LogP contribution in [-0.4, -0.2) is 75.5 Å². The molecule has 2 aromatic heterocycles. The van der Waals surface area contributed by atoms with Crippen molar-refractivity contribution in [2.45, 2.75) is 13.3 Å². The molecule has 3 heterocycles. The predicted octanol–water partition coefficient (Wildman–Crippen LogP) is 1.82. The SMILES string of the molecule is Cc1nnc(-c2ccc3cnc(CC(=O)CN4CCN(C)CC4)nc3c2)s1. The number of ketones is 1. The van der Waals surface area contributed by atoms with Gasteiger partial charge in [-0.1, -0.05) is 23.5 Å².